The number of H-pyrrole nitrogens is 1. The number of nitrogens with one attached hydrogen (secondary N) is 2. The molecule has 1 heterocycles. The predicted molar refractivity (Wildman–Crippen MR) is 75.2 cm³/mol. The summed E-state index contributed by atoms with van der Waals surface area (Å²) >= 11 is 0. The summed E-state index contributed by atoms with van der Waals surface area (Å²) in [6, 6.07) is 6.12. The van der Waals surface area contributed by atoms with Gasteiger partial charge in [0.25, 0.3) is 0 Å². The summed E-state index contributed by atoms with van der Waals surface area (Å²) in [4.78, 5) is 18.9. The van der Waals surface area contributed by atoms with Gasteiger partial charge in [0.05, 0.1) is 6.04 Å². The van der Waals surface area contributed by atoms with E-state index in [1.54, 1.807) is 30.6 Å². The van der Waals surface area contributed by atoms with E-state index in [0.29, 0.717) is 17.8 Å². The Morgan fingerprint density at radius 2 is 2.30 bits per heavy atom. The summed E-state index contributed by atoms with van der Waals surface area (Å²) in [5, 5.41) is 2.82. The van der Waals surface area contributed by atoms with Crippen LogP contribution in [0.2, 0.25) is 0 Å². The molecule has 0 aliphatic heterocycles. The van der Waals surface area contributed by atoms with Crippen molar-refractivity contribution in [3.05, 3.63) is 59.9 Å². The molecule has 0 radical (unpaired) electrons. The van der Waals surface area contributed by atoms with Crippen LogP contribution < -0.4 is 5.32 Å². The quantitative estimate of drug-likeness (QED) is 0.823. The lowest BCUT2D eigenvalue weighted by Gasteiger charge is -2.12. The number of amides is 1. The molecule has 104 valence electrons. The standard InChI is InChI=1S/C15H16FN3O/c1-2-13(15-17-9-10-18-15)19-14(20)8-7-11-5-3-4-6-12(11)16/h3-10,13H,2H2,1H3,(H,17,18)(H,19,20)/b8-7+. The largest absolute Gasteiger partial charge is 0.347 e. The maximum atomic E-state index is 13.4. The fourth-order valence-electron chi connectivity index (χ4n) is 1.83. The smallest absolute Gasteiger partial charge is 0.244 e. The van der Waals surface area contributed by atoms with E-state index in [-0.39, 0.29) is 17.8 Å². The Morgan fingerprint density at radius 3 is 2.95 bits per heavy atom. The highest BCUT2D eigenvalue weighted by molar-refractivity contribution is 5.91. The van der Waals surface area contributed by atoms with E-state index in [0.717, 1.165) is 0 Å². The van der Waals surface area contributed by atoms with Gasteiger partial charge in [-0.15, -0.1) is 0 Å². The third kappa shape index (κ3) is 3.54. The average Bonchev–Trinajstić information content (AvgIpc) is 2.98. The highest BCUT2D eigenvalue weighted by atomic mass is 19.1. The van der Waals surface area contributed by atoms with Gasteiger partial charge in [0.15, 0.2) is 0 Å². The second-order valence-electron chi connectivity index (χ2n) is 4.30. The Hall–Kier alpha value is -2.43. The number of hydrogen-bond donors (Lipinski definition) is 2. The second-order valence-corrected chi connectivity index (χ2v) is 4.30. The molecule has 0 aliphatic rings. The van der Waals surface area contributed by atoms with Crippen LogP contribution in [-0.2, 0) is 4.79 Å². The summed E-state index contributed by atoms with van der Waals surface area (Å²) in [6.07, 6.45) is 6.84. The molecule has 0 aliphatic carbocycles. The number of aromatic amines is 1. The van der Waals surface area contributed by atoms with Crippen molar-refractivity contribution in [1.29, 1.82) is 0 Å². The molecule has 1 aromatic carbocycles. The minimum Gasteiger partial charge on any atom is -0.347 e. The fraction of sp³-hybridized carbons (Fsp3) is 0.200. The van der Waals surface area contributed by atoms with Gasteiger partial charge in [-0.2, -0.15) is 0 Å². The van der Waals surface area contributed by atoms with E-state index in [1.807, 2.05) is 6.92 Å². The van der Waals surface area contributed by atoms with Gasteiger partial charge in [-0.05, 0) is 18.6 Å². The van der Waals surface area contributed by atoms with Crippen LogP contribution in [-0.4, -0.2) is 15.9 Å². The molecule has 2 aromatic rings. The van der Waals surface area contributed by atoms with E-state index in [9.17, 15) is 9.18 Å². The first-order valence-corrected chi connectivity index (χ1v) is 6.43. The molecule has 0 saturated heterocycles. The maximum Gasteiger partial charge on any atom is 0.244 e. The summed E-state index contributed by atoms with van der Waals surface area (Å²) in [5.41, 5.74) is 0.383. The first-order chi connectivity index (χ1) is 9.70. The topological polar surface area (TPSA) is 57.8 Å². The van der Waals surface area contributed by atoms with Gasteiger partial charge in [0.1, 0.15) is 11.6 Å². The molecular formula is C15H16FN3O. The van der Waals surface area contributed by atoms with Crippen LogP contribution in [0, 0.1) is 5.82 Å². The first-order valence-electron chi connectivity index (χ1n) is 6.43. The highest BCUT2D eigenvalue weighted by Gasteiger charge is 2.12. The van der Waals surface area contributed by atoms with E-state index in [1.165, 1.54) is 18.2 Å². The lowest BCUT2D eigenvalue weighted by molar-refractivity contribution is -0.117. The van der Waals surface area contributed by atoms with E-state index in [4.69, 9.17) is 0 Å². The fourth-order valence-corrected chi connectivity index (χ4v) is 1.83. The second kappa shape index (κ2) is 6.65. The van der Waals surface area contributed by atoms with Gasteiger partial charge in [0.2, 0.25) is 5.91 Å². The number of halogens is 1. The molecule has 1 amide bonds. The van der Waals surface area contributed by atoms with Crippen molar-refractivity contribution >= 4 is 12.0 Å². The molecule has 0 fully saturated rings. The minimum atomic E-state index is -0.352. The summed E-state index contributed by atoms with van der Waals surface area (Å²) in [5.74, 6) is 0.0753. The van der Waals surface area contributed by atoms with Crippen molar-refractivity contribution in [3.8, 4) is 0 Å². The number of benzene rings is 1. The summed E-state index contributed by atoms with van der Waals surface area (Å²) < 4.78 is 13.4. The molecule has 1 atom stereocenters. The average molecular weight is 273 g/mol. The Morgan fingerprint density at radius 1 is 1.50 bits per heavy atom. The van der Waals surface area contributed by atoms with Gasteiger partial charge in [-0.1, -0.05) is 25.1 Å². The molecule has 0 bridgehead atoms. The molecule has 20 heavy (non-hydrogen) atoms. The lowest BCUT2D eigenvalue weighted by atomic mass is 10.2. The third-order valence-corrected chi connectivity index (χ3v) is 2.89. The lowest BCUT2D eigenvalue weighted by Crippen LogP contribution is -2.27. The van der Waals surface area contributed by atoms with Gasteiger partial charge in [-0.3, -0.25) is 4.79 Å². The first kappa shape index (κ1) is 14.0. The number of nitrogens with zero attached hydrogens (tertiary/aromatic N) is 1. The Labute approximate surface area is 116 Å². The van der Waals surface area contributed by atoms with Gasteiger partial charge in [-0.25, -0.2) is 9.37 Å². The minimum absolute atomic E-state index is 0.178. The SMILES string of the molecule is CCC(NC(=O)/C=C/c1ccccc1F)c1ncc[nH]1. The number of imidazole rings is 1. The zero-order valence-corrected chi connectivity index (χ0v) is 11.1. The van der Waals surface area contributed by atoms with Crippen LogP contribution in [0.4, 0.5) is 4.39 Å². The molecule has 4 nitrogen and oxygen atoms in total. The van der Waals surface area contributed by atoms with Crippen molar-refractivity contribution in [2.75, 3.05) is 0 Å². The molecule has 1 unspecified atom stereocenters. The molecule has 2 rings (SSSR count). The predicted octanol–water partition coefficient (Wildman–Crippen LogP) is 2.83. The van der Waals surface area contributed by atoms with Crippen molar-refractivity contribution in [3.63, 3.8) is 0 Å². The van der Waals surface area contributed by atoms with E-state index in [2.05, 4.69) is 15.3 Å². The van der Waals surface area contributed by atoms with Crippen molar-refractivity contribution < 1.29 is 9.18 Å². The Kier molecular flexibility index (Phi) is 4.65. The number of hydrogen-bond acceptors (Lipinski definition) is 2. The third-order valence-electron chi connectivity index (χ3n) is 2.89. The van der Waals surface area contributed by atoms with Crippen LogP contribution in [0.1, 0.15) is 30.8 Å². The maximum absolute atomic E-state index is 13.4. The van der Waals surface area contributed by atoms with Crippen LogP contribution in [0.5, 0.6) is 0 Å². The van der Waals surface area contributed by atoms with E-state index < -0.39 is 0 Å². The normalized spacial score (nSPS) is 12.5. The number of carbonyl (C=O) groups is 1. The zero-order valence-electron chi connectivity index (χ0n) is 11.1. The Balaban J connectivity index is 2.00. The summed E-state index contributed by atoms with van der Waals surface area (Å²) in [7, 11) is 0. The van der Waals surface area contributed by atoms with Crippen molar-refractivity contribution in [1.82, 2.24) is 15.3 Å². The van der Waals surface area contributed by atoms with Gasteiger partial charge < -0.3 is 10.3 Å². The molecule has 0 spiro atoms. The van der Waals surface area contributed by atoms with Crippen LogP contribution in [0.15, 0.2) is 42.7 Å². The van der Waals surface area contributed by atoms with Crippen LogP contribution in [0.3, 0.4) is 0 Å². The molecule has 2 N–H and O–H groups in total. The number of carbonyl (C=O) groups excluding carboxylic acids is 1. The van der Waals surface area contributed by atoms with Gasteiger partial charge >= 0.3 is 0 Å². The number of aromatic nitrogens is 2. The van der Waals surface area contributed by atoms with Crippen LogP contribution in [0.25, 0.3) is 6.08 Å². The van der Waals surface area contributed by atoms with Crippen LogP contribution >= 0.6 is 0 Å². The zero-order chi connectivity index (χ0) is 14.4. The monoisotopic (exact) mass is 273 g/mol. The van der Waals surface area contributed by atoms with Gasteiger partial charge in [0, 0.05) is 24.0 Å². The van der Waals surface area contributed by atoms with E-state index >= 15 is 0 Å². The summed E-state index contributed by atoms with van der Waals surface area (Å²) in [6.45, 7) is 1.95. The Bertz CT molecular complexity index is 593. The van der Waals surface area contributed by atoms with Crippen molar-refractivity contribution in [2.45, 2.75) is 19.4 Å². The molecular weight excluding hydrogens is 257 g/mol. The molecule has 5 heteroatoms. The number of rotatable bonds is 5. The van der Waals surface area contributed by atoms with Crippen molar-refractivity contribution in [2.24, 2.45) is 0 Å². The molecule has 0 saturated carbocycles. The highest BCUT2D eigenvalue weighted by Crippen LogP contribution is 2.12. The molecule has 1 aromatic heterocycles.